The van der Waals surface area contributed by atoms with E-state index in [4.69, 9.17) is 4.74 Å². The molecule has 3 rings (SSSR count). The minimum absolute atomic E-state index is 0.237. The highest BCUT2D eigenvalue weighted by atomic mass is 16.5. The summed E-state index contributed by atoms with van der Waals surface area (Å²) in [6.45, 7) is 7.75. The lowest BCUT2D eigenvalue weighted by molar-refractivity contribution is 0.252. The minimum Gasteiger partial charge on any atom is -0.494 e. The van der Waals surface area contributed by atoms with Crippen molar-refractivity contribution < 1.29 is 9.53 Å². The molecule has 0 aliphatic carbocycles. The van der Waals surface area contributed by atoms with E-state index in [0.29, 0.717) is 24.4 Å². The first kappa shape index (κ1) is 19.3. The van der Waals surface area contributed by atoms with Crippen LogP contribution in [0, 0.1) is 11.3 Å². The normalized spacial score (nSPS) is 10.5. The van der Waals surface area contributed by atoms with Crippen LogP contribution in [-0.2, 0) is 6.54 Å². The summed E-state index contributed by atoms with van der Waals surface area (Å²) in [6.07, 6.45) is 0. The van der Waals surface area contributed by atoms with Crippen LogP contribution < -0.4 is 15.4 Å². The Bertz CT molecular complexity index is 1030. The van der Waals surface area contributed by atoms with Gasteiger partial charge >= 0.3 is 6.03 Å². The standard InChI is InChI=1S/C22H24N4O2/c1-4-24-22(27)25-16-9-7-15(8-10-16)21-19(14-23)18-13-17(28-6-3)11-12-20(18)26(21)5-2/h7-13H,4-6H2,1-3H3,(H2,24,25,27). The summed E-state index contributed by atoms with van der Waals surface area (Å²) in [5.74, 6) is 0.757. The highest BCUT2D eigenvalue weighted by molar-refractivity contribution is 5.96. The number of nitrogens with zero attached hydrogens (tertiary/aromatic N) is 2. The molecule has 3 aromatic rings. The molecule has 1 aromatic heterocycles. The molecule has 0 atom stereocenters. The lowest BCUT2D eigenvalue weighted by Gasteiger charge is -2.10. The highest BCUT2D eigenvalue weighted by Crippen LogP contribution is 2.35. The Kier molecular flexibility index (Phi) is 5.85. The van der Waals surface area contributed by atoms with Gasteiger partial charge < -0.3 is 19.9 Å². The first-order valence-electron chi connectivity index (χ1n) is 9.47. The van der Waals surface area contributed by atoms with E-state index in [9.17, 15) is 10.1 Å². The first-order valence-corrected chi connectivity index (χ1v) is 9.47. The number of fused-ring (bicyclic) bond motifs is 1. The number of aryl methyl sites for hydroxylation is 1. The van der Waals surface area contributed by atoms with E-state index in [1.165, 1.54) is 0 Å². The molecule has 28 heavy (non-hydrogen) atoms. The van der Waals surface area contributed by atoms with E-state index < -0.39 is 0 Å². The molecule has 0 unspecified atom stereocenters. The monoisotopic (exact) mass is 376 g/mol. The van der Waals surface area contributed by atoms with Crippen LogP contribution in [0.2, 0.25) is 0 Å². The number of ether oxygens (including phenoxy) is 1. The molecular formula is C22H24N4O2. The van der Waals surface area contributed by atoms with Gasteiger partial charge in [-0.3, -0.25) is 0 Å². The zero-order valence-electron chi connectivity index (χ0n) is 16.4. The fourth-order valence-electron chi connectivity index (χ4n) is 3.38. The quantitative estimate of drug-likeness (QED) is 0.652. The molecule has 0 saturated heterocycles. The molecule has 6 nitrogen and oxygen atoms in total. The van der Waals surface area contributed by atoms with E-state index >= 15 is 0 Å². The number of carbonyl (C=O) groups excluding carboxylic acids is 1. The zero-order valence-corrected chi connectivity index (χ0v) is 16.4. The molecule has 0 radical (unpaired) electrons. The third kappa shape index (κ3) is 3.65. The predicted molar refractivity (Wildman–Crippen MR) is 112 cm³/mol. The Morgan fingerprint density at radius 1 is 1.14 bits per heavy atom. The van der Waals surface area contributed by atoms with Crippen molar-refractivity contribution in [3.8, 4) is 23.1 Å². The van der Waals surface area contributed by atoms with Crippen LogP contribution in [0.4, 0.5) is 10.5 Å². The number of amides is 2. The van der Waals surface area contributed by atoms with Crippen molar-refractivity contribution in [2.45, 2.75) is 27.3 Å². The number of hydrogen-bond donors (Lipinski definition) is 2. The molecule has 2 amide bonds. The first-order chi connectivity index (χ1) is 13.6. The molecule has 0 bridgehead atoms. The van der Waals surface area contributed by atoms with Crippen molar-refractivity contribution in [1.82, 2.24) is 9.88 Å². The third-order valence-electron chi connectivity index (χ3n) is 4.53. The number of anilines is 1. The number of benzene rings is 2. The average Bonchev–Trinajstić information content (AvgIpc) is 3.01. The van der Waals surface area contributed by atoms with Gasteiger partial charge in [-0.2, -0.15) is 5.26 Å². The number of hydrogen-bond acceptors (Lipinski definition) is 3. The summed E-state index contributed by atoms with van der Waals surface area (Å²) in [5, 5.41) is 16.2. The van der Waals surface area contributed by atoms with Gasteiger partial charge in [-0.1, -0.05) is 12.1 Å². The van der Waals surface area contributed by atoms with Gasteiger partial charge in [0.2, 0.25) is 0 Å². The minimum atomic E-state index is -0.237. The van der Waals surface area contributed by atoms with Crippen LogP contribution in [-0.4, -0.2) is 23.7 Å². The maximum atomic E-state index is 11.7. The van der Waals surface area contributed by atoms with Gasteiger partial charge in [0, 0.05) is 24.2 Å². The predicted octanol–water partition coefficient (Wildman–Crippen LogP) is 4.74. The molecule has 1 heterocycles. The molecule has 0 aliphatic rings. The Morgan fingerprint density at radius 2 is 1.89 bits per heavy atom. The van der Waals surface area contributed by atoms with Gasteiger partial charge in [-0.15, -0.1) is 0 Å². The van der Waals surface area contributed by atoms with Gasteiger partial charge in [0.05, 0.1) is 23.4 Å². The van der Waals surface area contributed by atoms with E-state index in [1.807, 2.05) is 56.3 Å². The van der Waals surface area contributed by atoms with Crippen LogP contribution in [0.5, 0.6) is 5.75 Å². The van der Waals surface area contributed by atoms with Gasteiger partial charge in [-0.25, -0.2) is 4.79 Å². The van der Waals surface area contributed by atoms with Crippen molar-refractivity contribution in [3.63, 3.8) is 0 Å². The van der Waals surface area contributed by atoms with Crippen molar-refractivity contribution in [2.75, 3.05) is 18.5 Å². The van der Waals surface area contributed by atoms with Crippen molar-refractivity contribution in [1.29, 1.82) is 5.26 Å². The van der Waals surface area contributed by atoms with Gasteiger partial charge in [0.1, 0.15) is 11.8 Å². The molecule has 144 valence electrons. The summed E-state index contributed by atoms with van der Waals surface area (Å²) in [4.78, 5) is 11.7. The number of rotatable bonds is 6. The van der Waals surface area contributed by atoms with E-state index in [2.05, 4.69) is 28.2 Å². The number of nitriles is 1. The van der Waals surface area contributed by atoms with E-state index in [-0.39, 0.29) is 6.03 Å². The highest BCUT2D eigenvalue weighted by Gasteiger charge is 2.18. The molecule has 0 aliphatic heterocycles. The molecule has 6 heteroatoms. The third-order valence-corrected chi connectivity index (χ3v) is 4.53. The number of carbonyl (C=O) groups is 1. The van der Waals surface area contributed by atoms with E-state index in [0.717, 1.165) is 34.5 Å². The molecule has 0 saturated carbocycles. The fraction of sp³-hybridized carbons (Fsp3) is 0.273. The molecule has 0 spiro atoms. The smallest absolute Gasteiger partial charge is 0.319 e. The van der Waals surface area contributed by atoms with Gasteiger partial charge in [0.25, 0.3) is 0 Å². The Balaban J connectivity index is 2.06. The van der Waals surface area contributed by atoms with Crippen molar-refractivity contribution in [2.24, 2.45) is 0 Å². The summed E-state index contributed by atoms with van der Waals surface area (Å²) in [5.41, 5.74) is 4.13. The topological polar surface area (TPSA) is 79.1 Å². The molecule has 2 aromatic carbocycles. The lowest BCUT2D eigenvalue weighted by atomic mass is 10.1. The van der Waals surface area contributed by atoms with E-state index in [1.54, 1.807) is 0 Å². The number of urea groups is 1. The molecule has 2 N–H and O–H groups in total. The average molecular weight is 376 g/mol. The van der Waals surface area contributed by atoms with Crippen LogP contribution in [0.25, 0.3) is 22.2 Å². The van der Waals surface area contributed by atoms with Crippen LogP contribution >= 0.6 is 0 Å². The SMILES string of the molecule is CCNC(=O)Nc1ccc(-c2c(C#N)c3cc(OCC)ccc3n2CC)cc1. The lowest BCUT2D eigenvalue weighted by Crippen LogP contribution is -2.28. The van der Waals surface area contributed by atoms with Gasteiger partial charge in [0.15, 0.2) is 0 Å². The second-order valence-electron chi connectivity index (χ2n) is 6.25. The zero-order chi connectivity index (χ0) is 20.1. The second kappa shape index (κ2) is 8.49. The largest absolute Gasteiger partial charge is 0.494 e. The number of aromatic nitrogens is 1. The van der Waals surface area contributed by atoms with Crippen molar-refractivity contribution >= 4 is 22.6 Å². The van der Waals surface area contributed by atoms with Crippen LogP contribution in [0.3, 0.4) is 0 Å². The maximum absolute atomic E-state index is 11.7. The molecular weight excluding hydrogens is 352 g/mol. The van der Waals surface area contributed by atoms with Crippen molar-refractivity contribution in [3.05, 3.63) is 48.0 Å². The Morgan fingerprint density at radius 3 is 2.50 bits per heavy atom. The second-order valence-corrected chi connectivity index (χ2v) is 6.25. The molecule has 0 fully saturated rings. The van der Waals surface area contributed by atoms with Gasteiger partial charge in [-0.05, 0) is 56.7 Å². The van der Waals surface area contributed by atoms with Crippen LogP contribution in [0.1, 0.15) is 26.3 Å². The summed E-state index contributed by atoms with van der Waals surface area (Å²) < 4.78 is 7.74. The Labute approximate surface area is 164 Å². The maximum Gasteiger partial charge on any atom is 0.319 e. The summed E-state index contributed by atoms with van der Waals surface area (Å²) >= 11 is 0. The fourth-order valence-corrected chi connectivity index (χ4v) is 3.38. The summed E-state index contributed by atoms with van der Waals surface area (Å²) in [7, 11) is 0. The van der Waals surface area contributed by atoms with Crippen LogP contribution in [0.15, 0.2) is 42.5 Å². The summed E-state index contributed by atoms with van der Waals surface area (Å²) in [6, 6.07) is 15.5. The Hall–Kier alpha value is -3.46. The number of nitrogens with one attached hydrogen (secondary N) is 2.